The number of hydrogen-bond acceptors (Lipinski definition) is 3. The van der Waals surface area contributed by atoms with Crippen molar-refractivity contribution in [3.8, 4) is 12.3 Å². The van der Waals surface area contributed by atoms with E-state index in [1.165, 1.54) is 4.38 Å². The zero-order valence-corrected chi connectivity index (χ0v) is 8.17. The molecule has 0 N–H and O–H groups in total. The molecule has 0 saturated carbocycles. The first-order chi connectivity index (χ1) is 5.33. The number of aliphatic imine (C=N–C) groups is 1. The number of thioether (sulfide) groups is 2. The predicted octanol–water partition coefficient (Wildman–Crippen LogP) is 2.23. The second kappa shape index (κ2) is 4.74. The van der Waals surface area contributed by atoms with Gasteiger partial charge in [0, 0.05) is 17.9 Å². The van der Waals surface area contributed by atoms with E-state index in [1.807, 2.05) is 11.8 Å². The zero-order valence-electron chi connectivity index (χ0n) is 6.54. The van der Waals surface area contributed by atoms with Gasteiger partial charge in [0.25, 0.3) is 0 Å². The van der Waals surface area contributed by atoms with Gasteiger partial charge >= 0.3 is 0 Å². The average Bonchev–Trinajstić information content (AvgIpc) is 2.37. The highest BCUT2D eigenvalue weighted by atomic mass is 32.2. The molecule has 0 amide bonds. The second-order valence-corrected chi connectivity index (χ2v) is 4.71. The summed E-state index contributed by atoms with van der Waals surface area (Å²) in [5.41, 5.74) is 0. The van der Waals surface area contributed by atoms with E-state index in [1.54, 1.807) is 11.8 Å². The van der Waals surface area contributed by atoms with Crippen molar-refractivity contribution in [1.82, 2.24) is 0 Å². The lowest BCUT2D eigenvalue weighted by molar-refractivity contribution is 0.867. The molecule has 0 fully saturated rings. The van der Waals surface area contributed by atoms with Gasteiger partial charge in [-0.3, -0.25) is 4.99 Å². The van der Waals surface area contributed by atoms with Crippen molar-refractivity contribution in [1.29, 1.82) is 0 Å². The lowest BCUT2D eigenvalue weighted by atomic mass is 10.4. The Morgan fingerprint density at radius 2 is 2.73 bits per heavy atom. The molecule has 1 rings (SSSR count). The van der Waals surface area contributed by atoms with Crippen molar-refractivity contribution in [2.75, 3.05) is 11.5 Å². The molecule has 1 nitrogen and oxygen atoms in total. The Bertz CT molecular complexity index is 193. The van der Waals surface area contributed by atoms with E-state index in [-0.39, 0.29) is 0 Å². The normalized spacial score (nSPS) is 22.9. The molecule has 0 aromatic heterocycles. The van der Waals surface area contributed by atoms with Crippen LogP contribution in [-0.2, 0) is 0 Å². The van der Waals surface area contributed by atoms with Crippen LogP contribution in [0, 0.1) is 12.3 Å². The Morgan fingerprint density at radius 3 is 3.27 bits per heavy atom. The van der Waals surface area contributed by atoms with E-state index in [2.05, 4.69) is 17.8 Å². The summed E-state index contributed by atoms with van der Waals surface area (Å²) >= 11 is 3.63. The van der Waals surface area contributed by atoms with Crippen molar-refractivity contribution >= 4 is 27.9 Å². The van der Waals surface area contributed by atoms with Gasteiger partial charge in [-0.25, -0.2) is 0 Å². The Kier molecular flexibility index (Phi) is 3.88. The molecule has 0 aromatic rings. The molecular weight excluding hydrogens is 174 g/mol. The van der Waals surface area contributed by atoms with Gasteiger partial charge in [0.2, 0.25) is 0 Å². The van der Waals surface area contributed by atoms with Crippen LogP contribution in [0.5, 0.6) is 0 Å². The smallest absolute Gasteiger partial charge is 0.124 e. The van der Waals surface area contributed by atoms with Gasteiger partial charge in [-0.2, -0.15) is 0 Å². The molecule has 0 radical (unpaired) electrons. The Balaban J connectivity index is 2.18. The summed E-state index contributed by atoms with van der Waals surface area (Å²) in [6, 6.07) is 0.508. The number of nitrogens with zero attached hydrogens (tertiary/aromatic N) is 1. The molecule has 0 saturated heterocycles. The molecule has 11 heavy (non-hydrogen) atoms. The third-order valence-corrected chi connectivity index (χ3v) is 3.71. The second-order valence-electron chi connectivity index (χ2n) is 2.36. The Labute approximate surface area is 76.4 Å². The first-order valence-electron chi connectivity index (χ1n) is 3.60. The maximum atomic E-state index is 5.13. The third kappa shape index (κ3) is 3.22. The highest BCUT2D eigenvalue weighted by Crippen LogP contribution is 2.25. The van der Waals surface area contributed by atoms with E-state index in [4.69, 9.17) is 6.42 Å². The van der Waals surface area contributed by atoms with E-state index >= 15 is 0 Å². The van der Waals surface area contributed by atoms with Crippen LogP contribution in [0.3, 0.4) is 0 Å². The van der Waals surface area contributed by atoms with Crippen LogP contribution in [0.1, 0.15) is 13.3 Å². The summed E-state index contributed by atoms with van der Waals surface area (Å²) in [6.45, 7) is 2.14. The minimum atomic E-state index is 0.508. The first kappa shape index (κ1) is 9.02. The number of rotatable bonds is 2. The zero-order chi connectivity index (χ0) is 8.10. The quantitative estimate of drug-likeness (QED) is 0.483. The molecule has 0 aliphatic carbocycles. The van der Waals surface area contributed by atoms with Crippen LogP contribution in [-0.4, -0.2) is 21.9 Å². The summed E-state index contributed by atoms with van der Waals surface area (Å²) in [7, 11) is 0. The van der Waals surface area contributed by atoms with Gasteiger partial charge in [-0.1, -0.05) is 23.5 Å². The summed E-state index contributed by atoms with van der Waals surface area (Å²) < 4.78 is 1.22. The Morgan fingerprint density at radius 1 is 1.91 bits per heavy atom. The van der Waals surface area contributed by atoms with E-state index < -0.39 is 0 Å². The van der Waals surface area contributed by atoms with E-state index in [0.717, 1.165) is 17.9 Å². The predicted molar refractivity (Wildman–Crippen MR) is 55.3 cm³/mol. The largest absolute Gasteiger partial charge is 0.268 e. The third-order valence-electron chi connectivity index (χ3n) is 1.25. The molecule has 1 aliphatic heterocycles. The van der Waals surface area contributed by atoms with Crippen LogP contribution in [0.25, 0.3) is 0 Å². The fraction of sp³-hybridized carbons (Fsp3) is 0.625. The van der Waals surface area contributed by atoms with Crippen molar-refractivity contribution in [3.05, 3.63) is 0 Å². The van der Waals surface area contributed by atoms with Crippen LogP contribution >= 0.6 is 23.5 Å². The van der Waals surface area contributed by atoms with Gasteiger partial charge < -0.3 is 0 Å². The van der Waals surface area contributed by atoms with Crippen LogP contribution < -0.4 is 0 Å². The summed E-state index contributed by atoms with van der Waals surface area (Å²) in [4.78, 5) is 4.43. The summed E-state index contributed by atoms with van der Waals surface area (Å²) in [6.07, 6.45) is 5.98. The SMILES string of the molecule is C#CCCSC1=NC(C)CS1. The van der Waals surface area contributed by atoms with Crippen LogP contribution in [0.15, 0.2) is 4.99 Å². The molecule has 1 unspecified atom stereocenters. The van der Waals surface area contributed by atoms with Crippen LogP contribution in [0.4, 0.5) is 0 Å². The van der Waals surface area contributed by atoms with Gasteiger partial charge in [-0.05, 0) is 6.92 Å². The lowest BCUT2D eigenvalue weighted by Gasteiger charge is -1.93. The fourth-order valence-corrected chi connectivity index (χ4v) is 2.87. The van der Waals surface area contributed by atoms with Crippen LogP contribution in [0.2, 0.25) is 0 Å². The molecule has 0 bridgehead atoms. The first-order valence-corrected chi connectivity index (χ1v) is 5.57. The highest BCUT2D eigenvalue weighted by Gasteiger charge is 2.13. The van der Waals surface area contributed by atoms with Gasteiger partial charge in [0.1, 0.15) is 4.38 Å². The molecule has 3 heteroatoms. The molecule has 60 valence electrons. The standard InChI is InChI=1S/C8H11NS2/c1-3-4-5-10-8-9-7(2)6-11-8/h1,7H,4-6H2,2H3. The summed E-state index contributed by atoms with van der Waals surface area (Å²) in [5.74, 6) is 4.76. The fourth-order valence-electron chi connectivity index (χ4n) is 0.723. The molecule has 0 aromatic carbocycles. The topological polar surface area (TPSA) is 12.4 Å². The van der Waals surface area contributed by atoms with Crippen molar-refractivity contribution in [2.24, 2.45) is 4.99 Å². The molecule has 1 aliphatic rings. The minimum absolute atomic E-state index is 0.508. The molecular formula is C8H11NS2. The monoisotopic (exact) mass is 185 g/mol. The molecule has 1 heterocycles. The van der Waals surface area contributed by atoms with E-state index in [0.29, 0.717) is 6.04 Å². The lowest BCUT2D eigenvalue weighted by Crippen LogP contribution is -1.92. The minimum Gasteiger partial charge on any atom is -0.268 e. The van der Waals surface area contributed by atoms with Gasteiger partial charge in [-0.15, -0.1) is 12.3 Å². The molecule has 0 spiro atoms. The molecule has 1 atom stereocenters. The van der Waals surface area contributed by atoms with E-state index in [9.17, 15) is 0 Å². The van der Waals surface area contributed by atoms with Crippen molar-refractivity contribution in [2.45, 2.75) is 19.4 Å². The number of terminal acetylenes is 1. The van der Waals surface area contributed by atoms with Crippen molar-refractivity contribution < 1.29 is 0 Å². The maximum absolute atomic E-state index is 5.13. The van der Waals surface area contributed by atoms with Crippen molar-refractivity contribution in [3.63, 3.8) is 0 Å². The Hall–Kier alpha value is -0.0700. The van der Waals surface area contributed by atoms with Gasteiger partial charge in [0.15, 0.2) is 0 Å². The maximum Gasteiger partial charge on any atom is 0.124 e. The van der Waals surface area contributed by atoms with Gasteiger partial charge in [0.05, 0.1) is 6.04 Å². The highest BCUT2D eigenvalue weighted by molar-refractivity contribution is 8.39. The average molecular weight is 185 g/mol. The number of hydrogen-bond donors (Lipinski definition) is 0. The summed E-state index contributed by atoms with van der Waals surface area (Å²) in [5, 5.41) is 0.